The summed E-state index contributed by atoms with van der Waals surface area (Å²) < 4.78 is 30.0. The maximum atomic E-state index is 13.1. The highest BCUT2D eigenvalue weighted by atomic mass is 79.9. The molecule has 2 aromatic heterocycles. The summed E-state index contributed by atoms with van der Waals surface area (Å²) in [5.41, 5.74) is 1.07. The molecule has 1 amide bonds. The van der Waals surface area contributed by atoms with Gasteiger partial charge in [-0.3, -0.25) is 4.79 Å². The first-order valence-electron chi connectivity index (χ1n) is 9.92. The fourth-order valence-electron chi connectivity index (χ4n) is 3.10. The van der Waals surface area contributed by atoms with Crippen LogP contribution in [0, 0.1) is 0 Å². The number of nitrogens with zero attached hydrogens (tertiary/aromatic N) is 2. The van der Waals surface area contributed by atoms with Crippen molar-refractivity contribution in [3.63, 3.8) is 0 Å². The standard InChI is InChI=1S/C21H25BrClN3O3S2/c1-5-6-10-16-24-19(23)18(20(27)25-31(28,29)21(2,3)4)26(16)11-13-12-30-15-9-7-8-14(22)17(13)15/h7-9,12H,5-6,10-11H2,1-4H3,(H,25,27). The molecule has 10 heteroatoms. The van der Waals surface area contributed by atoms with E-state index in [1.54, 1.807) is 15.9 Å². The molecule has 2 heterocycles. The number of fused-ring (bicyclic) bond motifs is 1. The zero-order chi connectivity index (χ0) is 23.0. The van der Waals surface area contributed by atoms with Crippen molar-refractivity contribution in [2.24, 2.45) is 0 Å². The van der Waals surface area contributed by atoms with E-state index in [-0.39, 0.29) is 10.8 Å². The molecular formula is C21H25BrClN3O3S2. The monoisotopic (exact) mass is 545 g/mol. The van der Waals surface area contributed by atoms with E-state index in [1.807, 2.05) is 23.6 Å². The Morgan fingerprint density at radius 1 is 1.32 bits per heavy atom. The number of carbonyl (C=O) groups excluding carboxylic acids is 1. The lowest BCUT2D eigenvalue weighted by Gasteiger charge is -2.20. The highest BCUT2D eigenvalue weighted by Gasteiger charge is 2.33. The average Bonchev–Trinajstić information content (AvgIpc) is 3.21. The topological polar surface area (TPSA) is 81.1 Å². The van der Waals surface area contributed by atoms with Crippen LogP contribution in [0.3, 0.4) is 0 Å². The van der Waals surface area contributed by atoms with E-state index < -0.39 is 20.7 Å². The zero-order valence-electron chi connectivity index (χ0n) is 17.8. The molecule has 0 fully saturated rings. The van der Waals surface area contributed by atoms with Crippen LogP contribution < -0.4 is 4.72 Å². The minimum atomic E-state index is -3.89. The first kappa shape index (κ1) is 24.2. The number of imidazole rings is 1. The van der Waals surface area contributed by atoms with Gasteiger partial charge in [0.1, 0.15) is 11.5 Å². The lowest BCUT2D eigenvalue weighted by Crippen LogP contribution is -2.43. The van der Waals surface area contributed by atoms with Crippen molar-refractivity contribution in [1.82, 2.24) is 14.3 Å². The first-order valence-corrected chi connectivity index (χ1v) is 13.5. The van der Waals surface area contributed by atoms with E-state index in [9.17, 15) is 13.2 Å². The summed E-state index contributed by atoms with van der Waals surface area (Å²) >= 11 is 11.6. The second-order valence-electron chi connectivity index (χ2n) is 8.28. The van der Waals surface area contributed by atoms with Crippen molar-refractivity contribution in [3.05, 3.63) is 50.3 Å². The Hall–Kier alpha value is -1.42. The van der Waals surface area contributed by atoms with E-state index in [4.69, 9.17) is 11.6 Å². The number of thiophene rings is 1. The van der Waals surface area contributed by atoms with E-state index in [0.29, 0.717) is 18.8 Å². The largest absolute Gasteiger partial charge is 0.318 e. The van der Waals surface area contributed by atoms with Crippen LogP contribution in [0.15, 0.2) is 28.1 Å². The van der Waals surface area contributed by atoms with Gasteiger partial charge in [0, 0.05) is 21.0 Å². The Kier molecular flexibility index (Phi) is 7.20. The molecule has 0 saturated heterocycles. The number of carbonyl (C=O) groups is 1. The third kappa shape index (κ3) is 4.99. The number of benzene rings is 1. The summed E-state index contributed by atoms with van der Waals surface area (Å²) in [5.74, 6) is -0.106. The van der Waals surface area contributed by atoms with Crippen molar-refractivity contribution in [1.29, 1.82) is 0 Å². The molecule has 0 aliphatic carbocycles. The maximum Gasteiger partial charge on any atom is 0.284 e. The molecule has 0 unspecified atom stereocenters. The molecule has 3 rings (SSSR count). The van der Waals surface area contributed by atoms with Gasteiger partial charge in [-0.15, -0.1) is 11.3 Å². The maximum absolute atomic E-state index is 13.1. The highest BCUT2D eigenvalue weighted by molar-refractivity contribution is 9.10. The number of amides is 1. The molecular weight excluding hydrogens is 522 g/mol. The average molecular weight is 547 g/mol. The minimum absolute atomic E-state index is 0.00585. The first-order chi connectivity index (χ1) is 14.5. The molecule has 0 aliphatic rings. The Bertz CT molecular complexity index is 1230. The van der Waals surface area contributed by atoms with Crippen LogP contribution in [-0.2, 0) is 23.0 Å². The van der Waals surface area contributed by atoms with Crippen LogP contribution in [0.25, 0.3) is 10.1 Å². The van der Waals surface area contributed by atoms with Gasteiger partial charge in [0.2, 0.25) is 10.0 Å². The molecule has 31 heavy (non-hydrogen) atoms. The summed E-state index contributed by atoms with van der Waals surface area (Å²) in [4.78, 5) is 17.5. The van der Waals surface area contributed by atoms with Crippen molar-refractivity contribution < 1.29 is 13.2 Å². The van der Waals surface area contributed by atoms with Gasteiger partial charge >= 0.3 is 0 Å². The van der Waals surface area contributed by atoms with E-state index >= 15 is 0 Å². The number of aromatic nitrogens is 2. The molecule has 0 saturated carbocycles. The third-order valence-corrected chi connectivity index (χ3v) is 8.95. The van der Waals surface area contributed by atoms with Gasteiger partial charge in [-0.2, -0.15) is 0 Å². The zero-order valence-corrected chi connectivity index (χ0v) is 21.8. The summed E-state index contributed by atoms with van der Waals surface area (Å²) in [5, 5.41) is 3.11. The Balaban J connectivity index is 2.08. The molecule has 0 spiro atoms. The van der Waals surface area contributed by atoms with Crippen molar-refractivity contribution in [3.8, 4) is 0 Å². The lowest BCUT2D eigenvalue weighted by molar-refractivity contribution is 0.0971. The van der Waals surface area contributed by atoms with Gasteiger partial charge < -0.3 is 4.57 Å². The molecule has 0 aliphatic heterocycles. The number of halogens is 2. The van der Waals surface area contributed by atoms with Crippen molar-refractivity contribution in [2.45, 2.75) is 58.2 Å². The number of rotatable bonds is 7. The number of unbranched alkanes of at least 4 members (excludes halogenated alkanes) is 1. The normalized spacial score (nSPS) is 12.5. The summed E-state index contributed by atoms with van der Waals surface area (Å²) in [6.45, 7) is 7.03. The smallest absolute Gasteiger partial charge is 0.284 e. The van der Waals surface area contributed by atoms with Crippen LogP contribution in [-0.4, -0.2) is 28.6 Å². The Labute approximate surface area is 200 Å². The van der Waals surface area contributed by atoms with Crippen LogP contribution in [0.2, 0.25) is 5.15 Å². The van der Waals surface area contributed by atoms with E-state index in [2.05, 4.69) is 32.6 Å². The number of hydrogen-bond donors (Lipinski definition) is 1. The Morgan fingerprint density at radius 2 is 2.03 bits per heavy atom. The molecule has 0 atom stereocenters. The van der Waals surface area contributed by atoms with Crippen molar-refractivity contribution >= 4 is 64.9 Å². The van der Waals surface area contributed by atoms with Crippen LogP contribution in [0.1, 0.15) is 62.4 Å². The highest BCUT2D eigenvalue weighted by Crippen LogP contribution is 2.34. The summed E-state index contributed by atoms with van der Waals surface area (Å²) in [6.07, 6.45) is 2.47. The van der Waals surface area contributed by atoms with Crippen LogP contribution in [0.4, 0.5) is 0 Å². The third-order valence-electron chi connectivity index (χ3n) is 4.96. The molecule has 6 nitrogen and oxygen atoms in total. The molecule has 3 aromatic rings. The van der Waals surface area contributed by atoms with Crippen LogP contribution in [0.5, 0.6) is 0 Å². The van der Waals surface area contributed by atoms with Crippen LogP contribution >= 0.6 is 38.9 Å². The lowest BCUT2D eigenvalue weighted by atomic mass is 10.1. The summed E-state index contributed by atoms with van der Waals surface area (Å²) in [7, 11) is -3.89. The molecule has 0 radical (unpaired) electrons. The molecule has 1 N–H and O–H groups in total. The number of hydrogen-bond acceptors (Lipinski definition) is 5. The molecule has 0 bridgehead atoms. The number of sulfonamides is 1. The summed E-state index contributed by atoms with van der Waals surface area (Å²) in [6, 6.07) is 5.99. The van der Waals surface area contributed by atoms with Gasteiger partial charge in [0.15, 0.2) is 5.15 Å². The fraction of sp³-hybridized carbons (Fsp3) is 0.429. The predicted octanol–water partition coefficient (Wildman–Crippen LogP) is 5.76. The van der Waals surface area contributed by atoms with Gasteiger partial charge in [-0.1, -0.05) is 46.9 Å². The number of aryl methyl sites for hydroxylation is 1. The molecule has 168 valence electrons. The second kappa shape index (κ2) is 9.21. The molecule has 1 aromatic carbocycles. The van der Waals surface area contributed by atoms with Gasteiger partial charge in [-0.05, 0) is 50.3 Å². The van der Waals surface area contributed by atoms with Gasteiger partial charge in [-0.25, -0.2) is 18.1 Å². The quantitative estimate of drug-likeness (QED) is 0.408. The van der Waals surface area contributed by atoms with E-state index in [0.717, 1.165) is 33.0 Å². The van der Waals surface area contributed by atoms with Gasteiger partial charge in [0.05, 0.1) is 11.3 Å². The minimum Gasteiger partial charge on any atom is -0.318 e. The fourth-order valence-corrected chi connectivity index (χ4v) is 5.76. The van der Waals surface area contributed by atoms with Crippen molar-refractivity contribution in [2.75, 3.05) is 0 Å². The van der Waals surface area contributed by atoms with E-state index in [1.165, 1.54) is 20.8 Å². The number of nitrogens with one attached hydrogen (secondary N) is 1. The predicted molar refractivity (Wildman–Crippen MR) is 131 cm³/mol. The Morgan fingerprint density at radius 3 is 2.68 bits per heavy atom. The SMILES string of the molecule is CCCCc1nc(Cl)c(C(=O)NS(=O)(=O)C(C)(C)C)n1Cc1csc2cccc(Br)c12. The van der Waals surface area contributed by atoms with Gasteiger partial charge in [0.25, 0.3) is 5.91 Å². The second-order valence-corrected chi connectivity index (χ2v) is 12.8.